The van der Waals surface area contributed by atoms with E-state index in [9.17, 15) is 0 Å². The smallest absolute Gasteiger partial charge is 0.113 e. The predicted molar refractivity (Wildman–Crippen MR) is 65.3 cm³/mol. The lowest BCUT2D eigenvalue weighted by molar-refractivity contribution is 0.476. The van der Waals surface area contributed by atoms with Gasteiger partial charge in [0.05, 0.1) is 6.20 Å². The summed E-state index contributed by atoms with van der Waals surface area (Å²) in [6.45, 7) is 2.90. The van der Waals surface area contributed by atoms with Crippen LogP contribution in [-0.4, -0.2) is 20.9 Å². The molecular weight excluding hydrogens is 222 g/mol. The number of benzene rings is 1. The van der Waals surface area contributed by atoms with Crippen molar-refractivity contribution < 1.29 is 0 Å². The SMILES string of the molecule is C[C@@H](CCl)Cn1cc(-c2ccccc2)nn1. The summed E-state index contributed by atoms with van der Waals surface area (Å²) in [5.74, 6) is 1.05. The summed E-state index contributed by atoms with van der Waals surface area (Å²) in [6.07, 6.45) is 1.96. The van der Waals surface area contributed by atoms with Crippen molar-refractivity contribution in [2.75, 3.05) is 5.88 Å². The molecule has 1 heterocycles. The summed E-state index contributed by atoms with van der Waals surface area (Å²) in [7, 11) is 0. The Hall–Kier alpha value is -1.35. The standard InChI is InChI=1S/C12H14ClN3/c1-10(7-13)8-16-9-12(14-15-16)11-5-3-2-4-6-11/h2-6,9-10H,7-8H2,1H3/t10-/m0/s1. The number of nitrogens with zero attached hydrogens (tertiary/aromatic N) is 3. The van der Waals surface area contributed by atoms with Gasteiger partial charge < -0.3 is 0 Å². The van der Waals surface area contributed by atoms with Gasteiger partial charge >= 0.3 is 0 Å². The summed E-state index contributed by atoms with van der Waals surface area (Å²) in [6, 6.07) is 10.0. The molecule has 0 radical (unpaired) electrons. The Kier molecular flexibility index (Phi) is 3.57. The van der Waals surface area contributed by atoms with Gasteiger partial charge in [0.1, 0.15) is 5.69 Å². The minimum absolute atomic E-state index is 0.409. The molecule has 1 aromatic carbocycles. The van der Waals surface area contributed by atoms with Crippen molar-refractivity contribution in [3.63, 3.8) is 0 Å². The van der Waals surface area contributed by atoms with Crippen LogP contribution in [-0.2, 0) is 6.54 Å². The molecule has 0 fully saturated rings. The van der Waals surface area contributed by atoms with Gasteiger partial charge in [-0.15, -0.1) is 16.7 Å². The molecule has 0 amide bonds. The van der Waals surface area contributed by atoms with Gasteiger partial charge in [0.15, 0.2) is 0 Å². The summed E-state index contributed by atoms with van der Waals surface area (Å²) >= 11 is 5.76. The zero-order valence-electron chi connectivity index (χ0n) is 9.18. The Morgan fingerprint density at radius 2 is 2.06 bits per heavy atom. The molecule has 0 aliphatic carbocycles. The highest BCUT2D eigenvalue weighted by molar-refractivity contribution is 6.18. The van der Waals surface area contributed by atoms with E-state index in [0.717, 1.165) is 17.8 Å². The van der Waals surface area contributed by atoms with Crippen LogP contribution in [0.5, 0.6) is 0 Å². The summed E-state index contributed by atoms with van der Waals surface area (Å²) in [5, 5.41) is 8.23. The minimum atomic E-state index is 0.409. The van der Waals surface area contributed by atoms with Crippen molar-refractivity contribution in [1.82, 2.24) is 15.0 Å². The first-order valence-corrected chi connectivity index (χ1v) is 5.84. The highest BCUT2D eigenvalue weighted by Crippen LogP contribution is 2.15. The molecule has 4 heteroatoms. The molecule has 0 bridgehead atoms. The highest BCUT2D eigenvalue weighted by Gasteiger charge is 2.06. The Labute approximate surface area is 100 Å². The quantitative estimate of drug-likeness (QED) is 0.763. The third kappa shape index (κ3) is 2.61. The lowest BCUT2D eigenvalue weighted by Crippen LogP contribution is -2.09. The van der Waals surface area contributed by atoms with Crippen LogP contribution in [0.2, 0.25) is 0 Å². The first-order chi connectivity index (χ1) is 7.79. The maximum absolute atomic E-state index is 5.76. The van der Waals surface area contributed by atoms with E-state index in [1.54, 1.807) is 0 Å². The van der Waals surface area contributed by atoms with E-state index in [1.807, 2.05) is 41.2 Å². The second kappa shape index (κ2) is 5.12. The zero-order chi connectivity index (χ0) is 11.4. The molecular formula is C12H14ClN3. The number of alkyl halides is 1. The van der Waals surface area contributed by atoms with Crippen LogP contribution >= 0.6 is 11.6 Å². The molecule has 1 aromatic heterocycles. The van der Waals surface area contributed by atoms with Crippen molar-refractivity contribution in [2.45, 2.75) is 13.5 Å². The van der Waals surface area contributed by atoms with Gasteiger partial charge in [-0.2, -0.15) is 0 Å². The number of hydrogen-bond acceptors (Lipinski definition) is 2. The number of halogens is 1. The van der Waals surface area contributed by atoms with E-state index >= 15 is 0 Å². The number of hydrogen-bond donors (Lipinski definition) is 0. The lowest BCUT2D eigenvalue weighted by Gasteiger charge is -2.05. The van der Waals surface area contributed by atoms with Crippen molar-refractivity contribution in [2.24, 2.45) is 5.92 Å². The van der Waals surface area contributed by atoms with Crippen LogP contribution in [0.25, 0.3) is 11.3 Å². The van der Waals surface area contributed by atoms with E-state index in [2.05, 4.69) is 17.2 Å². The van der Waals surface area contributed by atoms with Gasteiger partial charge in [0.25, 0.3) is 0 Å². The molecule has 0 aliphatic heterocycles. The van der Waals surface area contributed by atoms with Gasteiger partial charge in [-0.1, -0.05) is 42.5 Å². The summed E-state index contributed by atoms with van der Waals surface area (Å²) < 4.78 is 1.84. The fourth-order valence-corrected chi connectivity index (χ4v) is 1.59. The Morgan fingerprint density at radius 1 is 1.31 bits per heavy atom. The maximum Gasteiger partial charge on any atom is 0.113 e. The Bertz CT molecular complexity index is 439. The molecule has 0 N–H and O–H groups in total. The first kappa shape index (κ1) is 11.1. The third-order valence-electron chi connectivity index (χ3n) is 2.37. The van der Waals surface area contributed by atoms with Crippen LogP contribution < -0.4 is 0 Å². The molecule has 0 saturated heterocycles. The maximum atomic E-state index is 5.76. The third-order valence-corrected chi connectivity index (χ3v) is 2.90. The van der Waals surface area contributed by atoms with Crippen LogP contribution in [0.4, 0.5) is 0 Å². The van der Waals surface area contributed by atoms with Gasteiger partial charge in [-0.3, -0.25) is 4.68 Å². The van der Waals surface area contributed by atoms with Gasteiger partial charge in [-0.25, -0.2) is 0 Å². The minimum Gasteiger partial charge on any atom is -0.252 e. The topological polar surface area (TPSA) is 30.7 Å². The van der Waals surface area contributed by atoms with E-state index in [0.29, 0.717) is 11.8 Å². The fraction of sp³-hybridized carbons (Fsp3) is 0.333. The summed E-state index contributed by atoms with van der Waals surface area (Å²) in [5.41, 5.74) is 2.00. The van der Waals surface area contributed by atoms with E-state index < -0.39 is 0 Å². The molecule has 0 spiro atoms. The lowest BCUT2D eigenvalue weighted by atomic mass is 10.2. The molecule has 3 nitrogen and oxygen atoms in total. The molecule has 0 saturated carbocycles. The highest BCUT2D eigenvalue weighted by atomic mass is 35.5. The van der Waals surface area contributed by atoms with Crippen LogP contribution in [0.3, 0.4) is 0 Å². The average Bonchev–Trinajstić information content (AvgIpc) is 2.78. The molecule has 0 aliphatic rings. The molecule has 16 heavy (non-hydrogen) atoms. The Balaban J connectivity index is 2.14. The summed E-state index contributed by atoms with van der Waals surface area (Å²) in [4.78, 5) is 0. The fourth-order valence-electron chi connectivity index (χ4n) is 1.50. The first-order valence-electron chi connectivity index (χ1n) is 5.31. The van der Waals surface area contributed by atoms with E-state index in [1.165, 1.54) is 0 Å². The average molecular weight is 236 g/mol. The molecule has 0 unspecified atom stereocenters. The van der Waals surface area contributed by atoms with Gasteiger partial charge in [0.2, 0.25) is 0 Å². The predicted octanol–water partition coefficient (Wildman–Crippen LogP) is 2.82. The van der Waals surface area contributed by atoms with Crippen molar-refractivity contribution in [1.29, 1.82) is 0 Å². The van der Waals surface area contributed by atoms with Gasteiger partial charge in [-0.05, 0) is 5.92 Å². The second-order valence-corrected chi connectivity index (χ2v) is 4.26. The van der Waals surface area contributed by atoms with Crippen LogP contribution in [0.15, 0.2) is 36.5 Å². The van der Waals surface area contributed by atoms with Crippen LogP contribution in [0.1, 0.15) is 6.92 Å². The monoisotopic (exact) mass is 235 g/mol. The van der Waals surface area contributed by atoms with Crippen molar-refractivity contribution in [3.8, 4) is 11.3 Å². The van der Waals surface area contributed by atoms with Crippen molar-refractivity contribution >= 4 is 11.6 Å². The zero-order valence-corrected chi connectivity index (χ0v) is 9.93. The van der Waals surface area contributed by atoms with Gasteiger partial charge in [0, 0.05) is 18.0 Å². The number of rotatable bonds is 4. The Morgan fingerprint density at radius 3 is 2.75 bits per heavy atom. The second-order valence-electron chi connectivity index (χ2n) is 3.95. The van der Waals surface area contributed by atoms with Crippen molar-refractivity contribution in [3.05, 3.63) is 36.5 Å². The normalized spacial score (nSPS) is 12.6. The van der Waals surface area contributed by atoms with Crippen LogP contribution in [0, 0.1) is 5.92 Å². The molecule has 1 atom stereocenters. The molecule has 2 aromatic rings. The number of aromatic nitrogens is 3. The largest absolute Gasteiger partial charge is 0.252 e. The van der Waals surface area contributed by atoms with E-state index in [-0.39, 0.29) is 0 Å². The van der Waals surface area contributed by atoms with E-state index in [4.69, 9.17) is 11.6 Å². The molecule has 84 valence electrons. The molecule has 2 rings (SSSR count).